The van der Waals surface area contributed by atoms with Gasteiger partial charge in [-0.3, -0.25) is 9.59 Å². The van der Waals surface area contributed by atoms with Crippen LogP contribution in [0.15, 0.2) is 60.7 Å². The van der Waals surface area contributed by atoms with Gasteiger partial charge in [0.05, 0.1) is 11.6 Å². The lowest BCUT2D eigenvalue weighted by Crippen LogP contribution is -2.45. The molecule has 2 heterocycles. The molecule has 1 saturated heterocycles. The molecule has 6 nitrogen and oxygen atoms in total. The number of carbonyl (C=O) groups is 2. The van der Waals surface area contributed by atoms with Crippen molar-refractivity contribution in [2.24, 2.45) is 11.8 Å². The highest BCUT2D eigenvalue weighted by atomic mass is 16.6. The molecule has 3 aromatic rings. The first-order valence-electron chi connectivity index (χ1n) is 12.6. The number of aryl methyl sites for hydroxylation is 2. The molecule has 6 heteroatoms. The summed E-state index contributed by atoms with van der Waals surface area (Å²) in [6.45, 7) is 6.17. The summed E-state index contributed by atoms with van der Waals surface area (Å²) in [5, 5.41) is 3.08. The quantitative estimate of drug-likeness (QED) is 0.576. The van der Waals surface area contributed by atoms with E-state index in [9.17, 15) is 9.59 Å². The number of hydrogen-bond acceptors (Lipinski definition) is 4. The molecule has 6 rings (SSSR count). The highest BCUT2D eigenvalue weighted by Gasteiger charge is 2.54. The second-order valence-corrected chi connectivity index (χ2v) is 10.1. The number of likely N-dealkylation sites (tertiary alicyclic amines) is 1. The van der Waals surface area contributed by atoms with Gasteiger partial charge >= 0.3 is 0 Å². The molecular weight excluding hydrogens is 452 g/mol. The van der Waals surface area contributed by atoms with Crippen molar-refractivity contribution in [3.05, 3.63) is 82.9 Å². The normalized spacial score (nSPS) is 21.6. The standard InChI is InChI=1S/C30H30N2O4/c1-18-5-3-6-20(13-18)24-14-19(2)9-10-22(24)30(34)32-17-21-15-25(21)26(32)16-31-29(33)23-7-4-8-27-28(23)36-12-11-35-27/h3-10,13-14,21,25-26H,11-12,15-17H2,1-2H3,(H,31,33)/t21-,25-,26-/m1/s1. The van der Waals surface area contributed by atoms with E-state index in [1.807, 2.05) is 36.1 Å². The van der Waals surface area contributed by atoms with Crippen molar-refractivity contribution >= 4 is 11.8 Å². The molecule has 1 N–H and O–H groups in total. The zero-order valence-electron chi connectivity index (χ0n) is 20.6. The Morgan fingerprint density at radius 2 is 1.75 bits per heavy atom. The third-order valence-corrected chi connectivity index (χ3v) is 7.58. The molecule has 0 unspecified atom stereocenters. The summed E-state index contributed by atoms with van der Waals surface area (Å²) < 4.78 is 11.3. The van der Waals surface area contributed by atoms with Crippen LogP contribution >= 0.6 is 0 Å². The summed E-state index contributed by atoms with van der Waals surface area (Å²) in [4.78, 5) is 29.0. The maximum absolute atomic E-state index is 13.9. The van der Waals surface area contributed by atoms with E-state index in [0.29, 0.717) is 54.2 Å². The summed E-state index contributed by atoms with van der Waals surface area (Å²) >= 11 is 0. The number of para-hydroxylation sites is 1. The van der Waals surface area contributed by atoms with Gasteiger partial charge in [-0.2, -0.15) is 0 Å². The largest absolute Gasteiger partial charge is 0.486 e. The van der Waals surface area contributed by atoms with Crippen molar-refractivity contribution in [2.45, 2.75) is 26.3 Å². The Bertz CT molecular complexity index is 1350. The predicted octanol–water partition coefficient (Wildman–Crippen LogP) is 4.63. The third kappa shape index (κ3) is 4.11. The van der Waals surface area contributed by atoms with E-state index in [2.05, 4.69) is 36.5 Å². The second-order valence-electron chi connectivity index (χ2n) is 10.1. The maximum Gasteiger partial charge on any atom is 0.255 e. The topological polar surface area (TPSA) is 67.9 Å². The number of carbonyl (C=O) groups excluding carboxylic acids is 2. The van der Waals surface area contributed by atoms with Gasteiger partial charge in [-0.15, -0.1) is 0 Å². The third-order valence-electron chi connectivity index (χ3n) is 7.58. The SMILES string of the molecule is Cc1cccc(-c2cc(C)ccc2C(=O)N2C[C@H]3C[C@H]3[C@H]2CNC(=O)c2cccc3c2OCCO3)c1. The number of rotatable bonds is 5. The summed E-state index contributed by atoms with van der Waals surface area (Å²) in [5.74, 6) is 1.87. The fraction of sp³-hybridized carbons (Fsp3) is 0.333. The molecule has 184 valence electrons. The molecule has 3 atom stereocenters. The molecule has 0 spiro atoms. The van der Waals surface area contributed by atoms with Gasteiger partial charge in [-0.1, -0.05) is 53.6 Å². The zero-order valence-corrected chi connectivity index (χ0v) is 20.6. The van der Waals surface area contributed by atoms with Crippen molar-refractivity contribution in [3.63, 3.8) is 0 Å². The first-order chi connectivity index (χ1) is 17.5. The van der Waals surface area contributed by atoms with Gasteiger partial charge < -0.3 is 19.7 Å². The Hall–Kier alpha value is -3.80. The Kier molecular flexibility index (Phi) is 5.67. The van der Waals surface area contributed by atoms with Gasteiger partial charge in [0.25, 0.3) is 11.8 Å². The van der Waals surface area contributed by atoms with Crippen LogP contribution in [0.3, 0.4) is 0 Å². The Morgan fingerprint density at radius 1 is 0.944 bits per heavy atom. The Balaban J connectivity index is 1.23. The molecule has 36 heavy (non-hydrogen) atoms. The number of fused-ring (bicyclic) bond motifs is 2. The van der Waals surface area contributed by atoms with Crippen LogP contribution in [0.4, 0.5) is 0 Å². The number of piperidine rings is 1. The molecule has 3 aliphatic rings. The maximum atomic E-state index is 13.9. The van der Waals surface area contributed by atoms with Crippen molar-refractivity contribution in [1.29, 1.82) is 0 Å². The van der Waals surface area contributed by atoms with Crippen molar-refractivity contribution < 1.29 is 19.1 Å². The smallest absolute Gasteiger partial charge is 0.255 e. The molecule has 0 bridgehead atoms. The minimum atomic E-state index is -0.204. The number of nitrogens with one attached hydrogen (secondary N) is 1. The van der Waals surface area contributed by atoms with Gasteiger partial charge in [0.15, 0.2) is 11.5 Å². The molecule has 2 aliphatic heterocycles. The summed E-state index contributed by atoms with van der Waals surface area (Å²) in [5.41, 5.74) is 5.47. The predicted molar refractivity (Wildman–Crippen MR) is 138 cm³/mol. The van der Waals surface area contributed by atoms with Crippen LogP contribution in [-0.2, 0) is 0 Å². The summed E-state index contributed by atoms with van der Waals surface area (Å²) in [6.07, 6.45) is 1.11. The summed E-state index contributed by atoms with van der Waals surface area (Å²) in [6, 6.07) is 19.7. The van der Waals surface area contributed by atoms with E-state index in [1.54, 1.807) is 12.1 Å². The first kappa shape index (κ1) is 22.7. The van der Waals surface area contributed by atoms with Crippen LogP contribution in [0.2, 0.25) is 0 Å². The number of ether oxygens (including phenoxy) is 2. The molecule has 1 saturated carbocycles. The minimum absolute atomic E-state index is 0.0187. The highest BCUT2D eigenvalue weighted by Crippen LogP contribution is 2.50. The van der Waals surface area contributed by atoms with Gasteiger partial charge in [-0.05, 0) is 61.4 Å². The fourth-order valence-corrected chi connectivity index (χ4v) is 5.66. The molecule has 2 amide bonds. The van der Waals surface area contributed by atoms with E-state index < -0.39 is 0 Å². The molecule has 3 aromatic carbocycles. The minimum Gasteiger partial charge on any atom is -0.486 e. The lowest BCUT2D eigenvalue weighted by Gasteiger charge is -2.29. The van der Waals surface area contributed by atoms with E-state index in [4.69, 9.17) is 9.47 Å². The van der Waals surface area contributed by atoms with Crippen LogP contribution in [0, 0.1) is 25.7 Å². The average Bonchev–Trinajstić information content (AvgIpc) is 3.57. The van der Waals surface area contributed by atoms with Gasteiger partial charge in [0, 0.05) is 18.7 Å². The van der Waals surface area contributed by atoms with Crippen LogP contribution in [0.1, 0.15) is 38.3 Å². The van der Waals surface area contributed by atoms with Crippen LogP contribution in [0.25, 0.3) is 11.1 Å². The van der Waals surface area contributed by atoms with Gasteiger partial charge in [-0.25, -0.2) is 0 Å². The lowest BCUT2D eigenvalue weighted by molar-refractivity contribution is 0.0695. The van der Waals surface area contributed by atoms with Crippen molar-refractivity contribution in [1.82, 2.24) is 10.2 Å². The zero-order chi connectivity index (χ0) is 24.8. The van der Waals surface area contributed by atoms with Crippen LogP contribution in [0.5, 0.6) is 11.5 Å². The van der Waals surface area contributed by atoms with E-state index in [-0.39, 0.29) is 17.9 Å². The summed E-state index contributed by atoms with van der Waals surface area (Å²) in [7, 11) is 0. The highest BCUT2D eigenvalue weighted by molar-refractivity contribution is 6.02. The second kappa shape index (κ2) is 9.01. The molecule has 1 aliphatic carbocycles. The molecule has 0 radical (unpaired) electrons. The van der Waals surface area contributed by atoms with Gasteiger partial charge in [0.1, 0.15) is 13.2 Å². The first-order valence-corrected chi connectivity index (χ1v) is 12.6. The Labute approximate surface area is 211 Å². The van der Waals surface area contributed by atoms with Crippen LogP contribution < -0.4 is 14.8 Å². The molecular formula is C30H30N2O4. The van der Waals surface area contributed by atoms with Gasteiger partial charge in [0.2, 0.25) is 0 Å². The molecule has 0 aromatic heterocycles. The lowest BCUT2D eigenvalue weighted by atomic mass is 9.95. The Morgan fingerprint density at radius 3 is 2.61 bits per heavy atom. The van der Waals surface area contributed by atoms with Crippen LogP contribution in [-0.4, -0.2) is 49.1 Å². The van der Waals surface area contributed by atoms with Crippen molar-refractivity contribution in [3.8, 4) is 22.6 Å². The number of benzene rings is 3. The van der Waals surface area contributed by atoms with E-state index >= 15 is 0 Å². The molecule has 2 fully saturated rings. The van der Waals surface area contributed by atoms with E-state index in [0.717, 1.165) is 35.2 Å². The fourth-order valence-electron chi connectivity index (χ4n) is 5.66. The van der Waals surface area contributed by atoms with E-state index in [1.165, 1.54) is 0 Å². The number of nitrogens with zero attached hydrogens (tertiary/aromatic N) is 1. The number of amides is 2. The average molecular weight is 483 g/mol. The number of hydrogen-bond donors (Lipinski definition) is 1. The van der Waals surface area contributed by atoms with Crippen molar-refractivity contribution in [2.75, 3.05) is 26.3 Å². The monoisotopic (exact) mass is 482 g/mol.